The van der Waals surface area contributed by atoms with Crippen LogP contribution in [0.15, 0.2) is 103 Å². The lowest BCUT2D eigenvalue weighted by atomic mass is 9.67. The first-order chi connectivity index (χ1) is 13.8. The van der Waals surface area contributed by atoms with Gasteiger partial charge in [-0.25, -0.2) is 0 Å². The maximum atomic E-state index is 2.40. The number of rotatable bonds is 2. The fourth-order valence-electron chi connectivity index (χ4n) is 5.31. The maximum Gasteiger partial charge on any atom is 0.0714 e. The lowest BCUT2D eigenvalue weighted by molar-refractivity contribution is 0.770. The molecular weight excluding hydrogens is 336 g/mol. The van der Waals surface area contributed by atoms with E-state index >= 15 is 0 Å². The highest BCUT2D eigenvalue weighted by atomic mass is 14.5. The van der Waals surface area contributed by atoms with Crippen molar-refractivity contribution in [3.63, 3.8) is 0 Å². The van der Waals surface area contributed by atoms with Crippen molar-refractivity contribution in [3.8, 4) is 0 Å². The Balaban J connectivity index is 1.91. The second-order valence-corrected chi connectivity index (χ2v) is 7.86. The van der Waals surface area contributed by atoms with Crippen molar-refractivity contribution >= 4 is 21.5 Å². The van der Waals surface area contributed by atoms with E-state index in [-0.39, 0.29) is 5.41 Å². The molecule has 132 valence electrons. The first-order valence-electron chi connectivity index (χ1n) is 9.88. The average molecular weight is 356 g/mol. The number of hydrogen-bond donors (Lipinski definition) is 0. The van der Waals surface area contributed by atoms with E-state index in [2.05, 4.69) is 110 Å². The normalized spacial score (nSPS) is 14.2. The van der Waals surface area contributed by atoms with Gasteiger partial charge in [-0.15, -0.1) is 0 Å². The molecule has 0 radical (unpaired) electrons. The smallest absolute Gasteiger partial charge is 0.0622 e. The second-order valence-electron chi connectivity index (χ2n) is 7.86. The standard InChI is InChI=1S/C28H20/c1-19-17-21-16-15-20-9-8-14-24-26(20)27(21)25(18-19)28(24,22-10-4-2-5-11-22)23-12-6-3-7-13-23/h2-18H,1H3. The topological polar surface area (TPSA) is 0 Å². The Labute approximate surface area is 165 Å². The van der Waals surface area contributed by atoms with Crippen LogP contribution in [0.2, 0.25) is 0 Å². The molecule has 0 heteroatoms. The minimum Gasteiger partial charge on any atom is -0.0622 e. The zero-order chi connectivity index (χ0) is 18.7. The summed E-state index contributed by atoms with van der Waals surface area (Å²) in [6.07, 6.45) is 0. The minimum atomic E-state index is -0.282. The monoisotopic (exact) mass is 356 g/mol. The third-order valence-electron chi connectivity index (χ3n) is 6.32. The molecule has 0 atom stereocenters. The summed E-state index contributed by atoms with van der Waals surface area (Å²) in [7, 11) is 0. The summed E-state index contributed by atoms with van der Waals surface area (Å²) < 4.78 is 0. The van der Waals surface area contributed by atoms with E-state index in [0.717, 1.165) is 0 Å². The molecule has 0 heterocycles. The van der Waals surface area contributed by atoms with Gasteiger partial charge in [0.05, 0.1) is 5.41 Å². The summed E-state index contributed by atoms with van der Waals surface area (Å²) in [6, 6.07) is 38.1. The maximum absolute atomic E-state index is 2.40. The summed E-state index contributed by atoms with van der Waals surface area (Å²) in [5, 5.41) is 5.47. The summed E-state index contributed by atoms with van der Waals surface area (Å²) in [5.74, 6) is 0. The van der Waals surface area contributed by atoms with E-state index < -0.39 is 0 Å². The molecule has 0 N–H and O–H groups in total. The molecule has 5 aromatic rings. The van der Waals surface area contributed by atoms with Crippen LogP contribution in [0.25, 0.3) is 21.5 Å². The Morgan fingerprint density at radius 1 is 0.500 bits per heavy atom. The van der Waals surface area contributed by atoms with Crippen molar-refractivity contribution in [3.05, 3.63) is 131 Å². The third kappa shape index (κ3) is 1.85. The summed E-state index contributed by atoms with van der Waals surface area (Å²) in [6.45, 7) is 2.21. The van der Waals surface area contributed by atoms with Crippen molar-refractivity contribution < 1.29 is 0 Å². The lowest BCUT2D eigenvalue weighted by Crippen LogP contribution is -2.28. The van der Waals surface area contributed by atoms with Gasteiger partial charge in [0.25, 0.3) is 0 Å². The zero-order valence-corrected chi connectivity index (χ0v) is 15.8. The highest BCUT2D eigenvalue weighted by Crippen LogP contribution is 2.55. The van der Waals surface area contributed by atoms with E-state index in [4.69, 9.17) is 0 Å². The molecule has 0 bridgehead atoms. The zero-order valence-electron chi connectivity index (χ0n) is 15.8. The van der Waals surface area contributed by atoms with Crippen LogP contribution in [0.4, 0.5) is 0 Å². The molecule has 0 saturated carbocycles. The number of benzene rings is 5. The van der Waals surface area contributed by atoms with Crippen molar-refractivity contribution in [2.24, 2.45) is 0 Å². The van der Waals surface area contributed by atoms with E-state index in [1.807, 2.05) is 0 Å². The van der Waals surface area contributed by atoms with Crippen LogP contribution in [-0.2, 0) is 5.41 Å². The van der Waals surface area contributed by atoms with Gasteiger partial charge in [0.15, 0.2) is 0 Å². The second kappa shape index (κ2) is 5.56. The van der Waals surface area contributed by atoms with E-state index in [0.29, 0.717) is 0 Å². The quantitative estimate of drug-likeness (QED) is 0.293. The fraction of sp³-hybridized carbons (Fsp3) is 0.0714. The predicted molar refractivity (Wildman–Crippen MR) is 118 cm³/mol. The molecule has 0 amide bonds. The molecule has 5 aromatic carbocycles. The van der Waals surface area contributed by atoms with Crippen LogP contribution in [0.1, 0.15) is 27.8 Å². The summed E-state index contributed by atoms with van der Waals surface area (Å²) in [5.41, 5.74) is 6.50. The van der Waals surface area contributed by atoms with Crippen LogP contribution in [0, 0.1) is 6.92 Å². The van der Waals surface area contributed by atoms with Crippen molar-refractivity contribution in [1.82, 2.24) is 0 Å². The third-order valence-corrected chi connectivity index (χ3v) is 6.32. The molecule has 0 nitrogen and oxygen atoms in total. The van der Waals surface area contributed by atoms with Crippen molar-refractivity contribution in [2.75, 3.05) is 0 Å². The Morgan fingerprint density at radius 3 is 1.79 bits per heavy atom. The van der Waals surface area contributed by atoms with Gasteiger partial charge in [0, 0.05) is 0 Å². The van der Waals surface area contributed by atoms with Gasteiger partial charge >= 0.3 is 0 Å². The molecule has 28 heavy (non-hydrogen) atoms. The molecule has 1 aliphatic rings. The van der Waals surface area contributed by atoms with Crippen LogP contribution in [-0.4, -0.2) is 0 Å². The van der Waals surface area contributed by atoms with Crippen LogP contribution in [0.3, 0.4) is 0 Å². The van der Waals surface area contributed by atoms with Gasteiger partial charge in [0.1, 0.15) is 0 Å². The summed E-state index contributed by atoms with van der Waals surface area (Å²) >= 11 is 0. The molecule has 1 aliphatic carbocycles. The molecular formula is C28H20. The fourth-order valence-corrected chi connectivity index (χ4v) is 5.31. The van der Waals surface area contributed by atoms with Gasteiger partial charge in [0.2, 0.25) is 0 Å². The highest BCUT2D eigenvalue weighted by molar-refractivity contribution is 6.16. The lowest BCUT2D eigenvalue weighted by Gasteiger charge is -2.34. The van der Waals surface area contributed by atoms with Gasteiger partial charge in [-0.2, -0.15) is 0 Å². The van der Waals surface area contributed by atoms with Crippen LogP contribution >= 0.6 is 0 Å². The van der Waals surface area contributed by atoms with E-state index in [1.54, 1.807) is 0 Å². The summed E-state index contributed by atoms with van der Waals surface area (Å²) in [4.78, 5) is 0. The average Bonchev–Trinajstić information content (AvgIpc) is 3.05. The van der Waals surface area contributed by atoms with Gasteiger partial charge in [-0.05, 0) is 50.7 Å². The first kappa shape index (κ1) is 15.7. The van der Waals surface area contributed by atoms with Crippen molar-refractivity contribution in [2.45, 2.75) is 12.3 Å². The van der Waals surface area contributed by atoms with E-state index in [9.17, 15) is 0 Å². The number of aryl methyl sites for hydroxylation is 1. The SMILES string of the molecule is Cc1cc2c3c(ccc4cccc(c43)C2(c2ccccc2)c2ccccc2)c1. The molecule has 0 saturated heterocycles. The minimum absolute atomic E-state index is 0.282. The first-order valence-corrected chi connectivity index (χ1v) is 9.88. The molecule has 0 unspecified atom stereocenters. The van der Waals surface area contributed by atoms with Gasteiger partial charge < -0.3 is 0 Å². The molecule has 0 spiro atoms. The Bertz CT molecular complexity index is 1310. The number of hydrogen-bond acceptors (Lipinski definition) is 0. The van der Waals surface area contributed by atoms with Crippen molar-refractivity contribution in [1.29, 1.82) is 0 Å². The predicted octanol–water partition coefficient (Wildman–Crippen LogP) is 7.00. The Morgan fingerprint density at radius 2 is 1.11 bits per heavy atom. The van der Waals surface area contributed by atoms with Crippen LogP contribution in [0.5, 0.6) is 0 Å². The largest absolute Gasteiger partial charge is 0.0714 e. The molecule has 0 fully saturated rings. The molecule has 0 aromatic heterocycles. The van der Waals surface area contributed by atoms with Gasteiger partial charge in [-0.3, -0.25) is 0 Å². The molecule has 6 rings (SSSR count). The Kier molecular flexibility index (Phi) is 3.11. The molecule has 0 aliphatic heterocycles. The Hall–Kier alpha value is -3.38. The van der Waals surface area contributed by atoms with E-state index in [1.165, 1.54) is 49.4 Å². The van der Waals surface area contributed by atoms with Gasteiger partial charge in [-0.1, -0.05) is 109 Å². The highest BCUT2D eigenvalue weighted by Gasteiger charge is 2.44. The van der Waals surface area contributed by atoms with Crippen LogP contribution < -0.4 is 0 Å².